The Hall–Kier alpha value is -0.0400. The molecule has 1 nitrogen and oxygen atoms in total. The van der Waals surface area contributed by atoms with E-state index in [0.29, 0.717) is 12.2 Å². The van der Waals surface area contributed by atoms with Crippen LogP contribution in [0.15, 0.2) is 0 Å². The number of hydrogen-bond donors (Lipinski definition) is 0. The van der Waals surface area contributed by atoms with Gasteiger partial charge >= 0.3 is 0 Å². The molecule has 0 aromatic carbocycles. The van der Waals surface area contributed by atoms with Crippen LogP contribution in [0.1, 0.15) is 39.0 Å². The maximum absolute atomic E-state index is 5.77. The molecule has 0 amide bonds. The molecular weight excluding hydrogens is 124 g/mol. The van der Waals surface area contributed by atoms with E-state index < -0.39 is 0 Å². The molecule has 1 saturated carbocycles. The lowest BCUT2D eigenvalue weighted by molar-refractivity contribution is 0.0272. The first kappa shape index (κ1) is 6.66. The largest absolute Gasteiger partial charge is 0.375 e. The summed E-state index contributed by atoms with van der Waals surface area (Å²) in [4.78, 5) is 0. The molecule has 0 aromatic heterocycles. The van der Waals surface area contributed by atoms with Crippen LogP contribution in [0, 0.1) is 5.92 Å². The van der Waals surface area contributed by atoms with Crippen LogP contribution in [-0.2, 0) is 4.74 Å². The first-order chi connectivity index (χ1) is 4.86. The number of ether oxygens (including phenoxy) is 1. The number of fused-ring (bicyclic) bond motifs is 1. The van der Waals surface area contributed by atoms with E-state index in [1.807, 2.05) is 0 Å². The standard InChI is InChI=1S/C9H16O/c1-7-6-8-4-2-3-5-9(8)10-7/h7-9H,2-6H2,1H3/t7?,8-,9+/m1/s1. The Kier molecular flexibility index (Phi) is 1.69. The highest BCUT2D eigenvalue weighted by molar-refractivity contribution is 4.83. The summed E-state index contributed by atoms with van der Waals surface area (Å²) in [5.74, 6) is 0.920. The Morgan fingerprint density at radius 2 is 2.00 bits per heavy atom. The smallest absolute Gasteiger partial charge is 0.0607 e. The van der Waals surface area contributed by atoms with Gasteiger partial charge in [0.2, 0.25) is 0 Å². The van der Waals surface area contributed by atoms with E-state index in [9.17, 15) is 0 Å². The molecule has 0 N–H and O–H groups in total. The van der Waals surface area contributed by atoms with Crippen molar-refractivity contribution >= 4 is 0 Å². The summed E-state index contributed by atoms with van der Waals surface area (Å²) >= 11 is 0. The van der Waals surface area contributed by atoms with Gasteiger partial charge in [-0.3, -0.25) is 0 Å². The minimum absolute atomic E-state index is 0.549. The van der Waals surface area contributed by atoms with Gasteiger partial charge in [-0.05, 0) is 32.1 Å². The first-order valence-corrected chi connectivity index (χ1v) is 4.52. The van der Waals surface area contributed by atoms with E-state index >= 15 is 0 Å². The molecule has 1 aliphatic heterocycles. The minimum Gasteiger partial charge on any atom is -0.375 e. The molecule has 0 radical (unpaired) electrons. The van der Waals surface area contributed by atoms with E-state index in [4.69, 9.17) is 4.74 Å². The van der Waals surface area contributed by atoms with Crippen LogP contribution in [0.2, 0.25) is 0 Å². The van der Waals surface area contributed by atoms with Crippen molar-refractivity contribution in [2.75, 3.05) is 0 Å². The second-order valence-electron chi connectivity index (χ2n) is 3.77. The van der Waals surface area contributed by atoms with Gasteiger partial charge in [0.05, 0.1) is 12.2 Å². The Labute approximate surface area is 62.8 Å². The van der Waals surface area contributed by atoms with Gasteiger partial charge in [0.1, 0.15) is 0 Å². The van der Waals surface area contributed by atoms with E-state index in [-0.39, 0.29) is 0 Å². The number of hydrogen-bond acceptors (Lipinski definition) is 1. The summed E-state index contributed by atoms with van der Waals surface area (Å²) in [7, 11) is 0. The van der Waals surface area contributed by atoms with Gasteiger partial charge in [0.25, 0.3) is 0 Å². The lowest BCUT2D eigenvalue weighted by Gasteiger charge is -2.23. The lowest BCUT2D eigenvalue weighted by Crippen LogP contribution is -2.19. The normalized spacial score (nSPS) is 47.1. The SMILES string of the molecule is CC1C[C@H]2CCCC[C@@H]2O1. The summed E-state index contributed by atoms with van der Waals surface area (Å²) in [6.07, 6.45) is 8.11. The van der Waals surface area contributed by atoms with Crippen molar-refractivity contribution in [3.05, 3.63) is 0 Å². The summed E-state index contributed by atoms with van der Waals surface area (Å²) in [5, 5.41) is 0. The fourth-order valence-electron chi connectivity index (χ4n) is 2.40. The van der Waals surface area contributed by atoms with Crippen LogP contribution in [0.3, 0.4) is 0 Å². The molecular formula is C9H16O. The second-order valence-corrected chi connectivity index (χ2v) is 3.77. The molecule has 10 heavy (non-hydrogen) atoms. The van der Waals surface area contributed by atoms with Gasteiger partial charge in [0.15, 0.2) is 0 Å². The van der Waals surface area contributed by atoms with Crippen LogP contribution >= 0.6 is 0 Å². The molecule has 1 heterocycles. The molecule has 0 spiro atoms. The molecule has 0 aromatic rings. The molecule has 1 aliphatic carbocycles. The zero-order valence-electron chi connectivity index (χ0n) is 6.68. The van der Waals surface area contributed by atoms with Crippen LogP contribution in [0.5, 0.6) is 0 Å². The quantitative estimate of drug-likeness (QED) is 0.502. The van der Waals surface area contributed by atoms with Crippen LogP contribution in [0.25, 0.3) is 0 Å². The van der Waals surface area contributed by atoms with Crippen molar-refractivity contribution in [1.82, 2.24) is 0 Å². The van der Waals surface area contributed by atoms with E-state index in [1.54, 1.807) is 0 Å². The monoisotopic (exact) mass is 140 g/mol. The molecule has 2 fully saturated rings. The number of rotatable bonds is 0. The van der Waals surface area contributed by atoms with Crippen molar-refractivity contribution < 1.29 is 4.74 Å². The predicted molar refractivity (Wildman–Crippen MR) is 40.9 cm³/mol. The van der Waals surface area contributed by atoms with Gasteiger partial charge in [-0.25, -0.2) is 0 Å². The van der Waals surface area contributed by atoms with Gasteiger partial charge in [-0.2, -0.15) is 0 Å². The summed E-state index contributed by atoms with van der Waals surface area (Å²) in [6.45, 7) is 2.21. The average Bonchev–Trinajstić information content (AvgIpc) is 2.27. The highest BCUT2D eigenvalue weighted by Crippen LogP contribution is 2.36. The molecule has 0 bridgehead atoms. The molecule has 1 unspecified atom stereocenters. The zero-order chi connectivity index (χ0) is 6.97. The third-order valence-electron chi connectivity index (χ3n) is 2.88. The van der Waals surface area contributed by atoms with Gasteiger partial charge < -0.3 is 4.74 Å². The topological polar surface area (TPSA) is 9.23 Å². The van der Waals surface area contributed by atoms with Gasteiger partial charge in [-0.15, -0.1) is 0 Å². The summed E-state index contributed by atoms with van der Waals surface area (Å²) in [6, 6.07) is 0. The third-order valence-corrected chi connectivity index (χ3v) is 2.88. The average molecular weight is 140 g/mol. The van der Waals surface area contributed by atoms with Crippen molar-refractivity contribution in [3.63, 3.8) is 0 Å². The van der Waals surface area contributed by atoms with E-state index in [0.717, 1.165) is 5.92 Å². The molecule has 2 aliphatic rings. The lowest BCUT2D eigenvalue weighted by atomic mass is 9.86. The maximum Gasteiger partial charge on any atom is 0.0607 e. The van der Waals surface area contributed by atoms with Crippen molar-refractivity contribution in [2.24, 2.45) is 5.92 Å². The Balaban J connectivity index is 1.97. The fourth-order valence-corrected chi connectivity index (χ4v) is 2.40. The molecule has 3 atom stereocenters. The second kappa shape index (κ2) is 2.54. The predicted octanol–water partition coefficient (Wildman–Crippen LogP) is 2.35. The van der Waals surface area contributed by atoms with Crippen molar-refractivity contribution in [1.29, 1.82) is 0 Å². The summed E-state index contributed by atoms with van der Waals surface area (Å²) < 4.78 is 5.77. The van der Waals surface area contributed by atoms with Crippen molar-refractivity contribution in [2.45, 2.75) is 51.2 Å². The Bertz CT molecular complexity index is 108. The maximum atomic E-state index is 5.77. The van der Waals surface area contributed by atoms with Crippen LogP contribution in [0.4, 0.5) is 0 Å². The third kappa shape index (κ3) is 1.07. The van der Waals surface area contributed by atoms with Crippen LogP contribution < -0.4 is 0 Å². The minimum atomic E-state index is 0.549. The highest BCUT2D eigenvalue weighted by atomic mass is 16.5. The zero-order valence-corrected chi connectivity index (χ0v) is 6.68. The molecule has 1 saturated heterocycles. The fraction of sp³-hybridized carbons (Fsp3) is 1.00. The van der Waals surface area contributed by atoms with Crippen LogP contribution in [-0.4, -0.2) is 12.2 Å². The Morgan fingerprint density at radius 1 is 1.20 bits per heavy atom. The van der Waals surface area contributed by atoms with Gasteiger partial charge in [0, 0.05) is 0 Å². The Morgan fingerprint density at radius 3 is 2.80 bits per heavy atom. The molecule has 2 rings (SSSR count). The first-order valence-electron chi connectivity index (χ1n) is 4.52. The molecule has 1 heteroatoms. The molecule has 58 valence electrons. The van der Waals surface area contributed by atoms with E-state index in [2.05, 4.69) is 6.92 Å². The highest BCUT2D eigenvalue weighted by Gasteiger charge is 2.34. The van der Waals surface area contributed by atoms with Crippen molar-refractivity contribution in [3.8, 4) is 0 Å². The van der Waals surface area contributed by atoms with Gasteiger partial charge in [-0.1, -0.05) is 12.8 Å². The van der Waals surface area contributed by atoms with E-state index in [1.165, 1.54) is 32.1 Å². The summed E-state index contributed by atoms with van der Waals surface area (Å²) in [5.41, 5.74) is 0.